The van der Waals surface area contributed by atoms with Crippen LogP contribution < -0.4 is 5.73 Å². The van der Waals surface area contributed by atoms with Crippen molar-refractivity contribution in [2.75, 3.05) is 0 Å². The zero-order valence-electron chi connectivity index (χ0n) is 11.8. The van der Waals surface area contributed by atoms with Crippen molar-refractivity contribution in [1.29, 1.82) is 0 Å². The molecule has 0 bridgehead atoms. The van der Waals surface area contributed by atoms with Gasteiger partial charge in [0.15, 0.2) is 0 Å². The molecule has 0 radical (unpaired) electrons. The first kappa shape index (κ1) is 15.7. The molecule has 0 aliphatic heterocycles. The van der Waals surface area contributed by atoms with Gasteiger partial charge in [-0.3, -0.25) is 0 Å². The van der Waals surface area contributed by atoms with Crippen molar-refractivity contribution in [3.8, 4) is 11.1 Å². The molecule has 0 heterocycles. The summed E-state index contributed by atoms with van der Waals surface area (Å²) in [7, 11) is 0. The Morgan fingerprint density at radius 3 is 2.32 bits per heavy atom. The molecule has 0 aliphatic carbocycles. The van der Waals surface area contributed by atoms with Gasteiger partial charge >= 0.3 is 0 Å². The number of benzene rings is 2. The van der Waals surface area contributed by atoms with Crippen LogP contribution in [0.25, 0.3) is 11.1 Å². The Hall–Kier alpha value is -1.31. The van der Waals surface area contributed by atoms with Crippen LogP contribution in [-0.4, -0.2) is 0 Å². The Bertz CT molecular complexity index is 547. The van der Waals surface area contributed by atoms with E-state index < -0.39 is 0 Å². The summed E-state index contributed by atoms with van der Waals surface area (Å²) in [5.74, 6) is 0.560. The molecule has 0 amide bonds. The molecule has 1 nitrogen and oxygen atoms in total. The van der Waals surface area contributed by atoms with Crippen LogP contribution in [0.1, 0.15) is 36.5 Å². The molecular weight excluding hydrogens is 254 g/mol. The van der Waals surface area contributed by atoms with Gasteiger partial charge in [-0.25, -0.2) is 0 Å². The Morgan fingerprint density at radius 1 is 1.00 bits per heavy atom. The van der Waals surface area contributed by atoms with Crippen LogP contribution in [0, 0.1) is 6.92 Å². The van der Waals surface area contributed by atoms with E-state index in [1.54, 1.807) is 0 Å². The molecule has 2 rings (SSSR count). The second-order valence-electron chi connectivity index (χ2n) is 5.13. The molecule has 19 heavy (non-hydrogen) atoms. The first-order chi connectivity index (χ1) is 8.61. The number of rotatable bonds is 3. The smallest absolute Gasteiger partial charge is 0.0180 e. The second kappa shape index (κ2) is 6.74. The van der Waals surface area contributed by atoms with E-state index in [-0.39, 0.29) is 12.4 Å². The predicted molar refractivity (Wildman–Crippen MR) is 85.8 cm³/mol. The lowest BCUT2D eigenvalue weighted by molar-refractivity contribution is 0.867. The molecule has 2 aromatic rings. The monoisotopic (exact) mass is 275 g/mol. The second-order valence-corrected chi connectivity index (χ2v) is 5.13. The van der Waals surface area contributed by atoms with E-state index >= 15 is 0 Å². The molecule has 102 valence electrons. The highest BCUT2D eigenvalue weighted by Gasteiger charge is 2.04. The summed E-state index contributed by atoms with van der Waals surface area (Å²) >= 11 is 0. The van der Waals surface area contributed by atoms with E-state index in [2.05, 4.69) is 63.2 Å². The van der Waals surface area contributed by atoms with Gasteiger partial charge in [-0.2, -0.15) is 0 Å². The van der Waals surface area contributed by atoms with E-state index in [0.29, 0.717) is 12.5 Å². The lowest BCUT2D eigenvalue weighted by atomic mass is 9.95. The predicted octanol–water partition coefficient (Wildman–Crippen LogP) is 4.67. The topological polar surface area (TPSA) is 26.0 Å². The third-order valence-corrected chi connectivity index (χ3v) is 3.46. The van der Waals surface area contributed by atoms with Crippen molar-refractivity contribution in [2.24, 2.45) is 5.73 Å². The minimum atomic E-state index is 0. The molecule has 2 N–H and O–H groups in total. The maximum absolute atomic E-state index is 5.78. The summed E-state index contributed by atoms with van der Waals surface area (Å²) in [6.45, 7) is 7.15. The van der Waals surface area contributed by atoms with Crippen LogP contribution in [0.3, 0.4) is 0 Å². The average molecular weight is 276 g/mol. The van der Waals surface area contributed by atoms with E-state index in [9.17, 15) is 0 Å². The maximum atomic E-state index is 5.78. The summed E-state index contributed by atoms with van der Waals surface area (Å²) in [6.07, 6.45) is 0. The third kappa shape index (κ3) is 3.59. The zero-order valence-corrected chi connectivity index (χ0v) is 12.6. The van der Waals surface area contributed by atoms with Gasteiger partial charge in [0.2, 0.25) is 0 Å². The summed E-state index contributed by atoms with van der Waals surface area (Å²) in [4.78, 5) is 0. The fraction of sp³-hybridized carbons (Fsp3) is 0.294. The maximum Gasteiger partial charge on any atom is 0.0180 e. The van der Waals surface area contributed by atoms with Crippen LogP contribution in [-0.2, 0) is 6.54 Å². The van der Waals surface area contributed by atoms with Crippen molar-refractivity contribution < 1.29 is 0 Å². The third-order valence-electron chi connectivity index (χ3n) is 3.46. The van der Waals surface area contributed by atoms with Gasteiger partial charge in [-0.15, -0.1) is 12.4 Å². The lowest BCUT2D eigenvalue weighted by Gasteiger charge is -2.10. The van der Waals surface area contributed by atoms with Gasteiger partial charge in [0, 0.05) is 6.54 Å². The SMILES string of the molecule is Cc1ccc(-c2cccc(C(C)C)c2)cc1CN.Cl. The molecule has 0 aliphatic rings. The molecule has 0 unspecified atom stereocenters. The number of aryl methyl sites for hydroxylation is 1. The van der Waals surface area contributed by atoms with E-state index in [0.717, 1.165) is 0 Å². The van der Waals surface area contributed by atoms with Crippen LogP contribution >= 0.6 is 12.4 Å². The van der Waals surface area contributed by atoms with Gasteiger partial charge in [0.05, 0.1) is 0 Å². The van der Waals surface area contributed by atoms with Gasteiger partial charge in [0.1, 0.15) is 0 Å². The highest BCUT2D eigenvalue weighted by atomic mass is 35.5. The van der Waals surface area contributed by atoms with Crippen LogP contribution in [0.15, 0.2) is 42.5 Å². The van der Waals surface area contributed by atoms with Crippen LogP contribution in [0.5, 0.6) is 0 Å². The van der Waals surface area contributed by atoms with Crippen molar-refractivity contribution in [2.45, 2.75) is 33.2 Å². The fourth-order valence-corrected chi connectivity index (χ4v) is 2.15. The van der Waals surface area contributed by atoms with Gasteiger partial charge < -0.3 is 5.73 Å². The minimum Gasteiger partial charge on any atom is -0.326 e. The van der Waals surface area contributed by atoms with Crippen LogP contribution in [0.2, 0.25) is 0 Å². The highest BCUT2D eigenvalue weighted by Crippen LogP contribution is 2.25. The quantitative estimate of drug-likeness (QED) is 0.866. The summed E-state index contributed by atoms with van der Waals surface area (Å²) in [5.41, 5.74) is 12.2. The molecule has 0 spiro atoms. The van der Waals surface area contributed by atoms with Crippen molar-refractivity contribution in [1.82, 2.24) is 0 Å². The minimum absolute atomic E-state index is 0. The first-order valence-electron chi connectivity index (χ1n) is 6.51. The molecule has 0 saturated carbocycles. The highest BCUT2D eigenvalue weighted by molar-refractivity contribution is 5.85. The fourth-order valence-electron chi connectivity index (χ4n) is 2.15. The van der Waals surface area contributed by atoms with E-state index in [4.69, 9.17) is 5.73 Å². The largest absolute Gasteiger partial charge is 0.326 e. The summed E-state index contributed by atoms with van der Waals surface area (Å²) in [5, 5.41) is 0. The van der Waals surface area contributed by atoms with Gasteiger partial charge in [0.25, 0.3) is 0 Å². The summed E-state index contributed by atoms with van der Waals surface area (Å²) < 4.78 is 0. The average Bonchev–Trinajstić information content (AvgIpc) is 2.39. The molecule has 2 aromatic carbocycles. The van der Waals surface area contributed by atoms with Crippen molar-refractivity contribution >= 4 is 12.4 Å². The molecular formula is C17H22ClN. The van der Waals surface area contributed by atoms with Crippen molar-refractivity contribution in [3.05, 3.63) is 59.2 Å². The normalized spacial score (nSPS) is 10.4. The lowest BCUT2D eigenvalue weighted by Crippen LogP contribution is -1.99. The Kier molecular flexibility index (Phi) is 5.59. The molecule has 0 atom stereocenters. The molecule has 0 fully saturated rings. The first-order valence-corrected chi connectivity index (χ1v) is 6.51. The molecule has 0 aromatic heterocycles. The number of nitrogens with two attached hydrogens (primary N) is 1. The van der Waals surface area contributed by atoms with E-state index in [1.165, 1.54) is 27.8 Å². The van der Waals surface area contributed by atoms with Gasteiger partial charge in [-0.1, -0.05) is 50.2 Å². The Labute approximate surface area is 122 Å². The zero-order chi connectivity index (χ0) is 13.1. The molecule has 0 saturated heterocycles. The molecule has 2 heteroatoms. The number of hydrogen-bond donors (Lipinski definition) is 1. The Morgan fingerprint density at radius 2 is 1.68 bits per heavy atom. The van der Waals surface area contributed by atoms with Crippen molar-refractivity contribution in [3.63, 3.8) is 0 Å². The van der Waals surface area contributed by atoms with Gasteiger partial charge in [-0.05, 0) is 46.7 Å². The summed E-state index contributed by atoms with van der Waals surface area (Å²) in [6, 6.07) is 15.3. The van der Waals surface area contributed by atoms with E-state index in [1.807, 2.05) is 0 Å². The number of halogens is 1. The number of hydrogen-bond acceptors (Lipinski definition) is 1. The Balaban J connectivity index is 0.00000180. The van der Waals surface area contributed by atoms with Crippen LogP contribution in [0.4, 0.5) is 0 Å². The standard InChI is InChI=1S/C17H21N.ClH/c1-12(2)14-5-4-6-15(9-14)16-8-7-13(3)17(10-16)11-18;/h4-10,12H,11,18H2,1-3H3;1H.